The average Bonchev–Trinajstić information content (AvgIpc) is 3.43. The van der Waals surface area contributed by atoms with Crippen LogP contribution in [0.3, 0.4) is 0 Å². The number of amides is 4. The van der Waals surface area contributed by atoms with Gasteiger partial charge in [-0.15, -0.1) is 23.5 Å². The number of aromatic nitrogens is 1. The van der Waals surface area contributed by atoms with Gasteiger partial charge in [-0.05, 0) is 54.0 Å². The van der Waals surface area contributed by atoms with E-state index in [1.165, 1.54) is 34.5 Å². The van der Waals surface area contributed by atoms with E-state index in [2.05, 4.69) is 10.6 Å². The predicted octanol–water partition coefficient (Wildman–Crippen LogP) is 3.95. The highest BCUT2D eigenvalue weighted by atomic mass is 35.5. The number of aromatic hydroxyl groups is 1. The molecule has 51 heavy (non-hydrogen) atoms. The quantitative estimate of drug-likeness (QED) is 0.0745. The number of allylic oxidation sites excluding steroid dienone is 1. The Morgan fingerprint density at radius 2 is 1.82 bits per heavy atom. The van der Waals surface area contributed by atoms with Gasteiger partial charge >= 0.3 is 5.97 Å². The molecule has 0 spiro atoms. The summed E-state index contributed by atoms with van der Waals surface area (Å²) in [5.41, 5.74) is 1.58. The fourth-order valence-electron chi connectivity index (χ4n) is 5.72. The molecule has 0 unspecified atom stereocenters. The Morgan fingerprint density at radius 3 is 2.53 bits per heavy atom. The van der Waals surface area contributed by atoms with E-state index in [1.807, 2.05) is 0 Å². The summed E-state index contributed by atoms with van der Waals surface area (Å²) in [6, 6.07) is 11.2. The first-order valence-corrected chi connectivity index (χ1v) is 18.2. The maximum absolute atomic E-state index is 13.6. The van der Waals surface area contributed by atoms with E-state index in [4.69, 9.17) is 23.2 Å². The number of nitrogens with zero attached hydrogens (tertiary/aromatic N) is 3. The topological polar surface area (TPSA) is 160 Å². The lowest BCUT2D eigenvalue weighted by Crippen LogP contribution is -2.70. The summed E-state index contributed by atoms with van der Waals surface area (Å²) >= 11 is 14.5. The number of carboxylic acid groups (broad SMARTS) is 1. The molecule has 17 heteroatoms. The van der Waals surface area contributed by atoms with Gasteiger partial charge in [0, 0.05) is 53.2 Å². The van der Waals surface area contributed by atoms with Crippen molar-refractivity contribution in [3.8, 4) is 5.75 Å². The minimum atomic E-state index is -1.30. The maximum atomic E-state index is 13.6. The molecule has 4 amide bonds. The number of benzene rings is 2. The molecule has 1 aromatic heterocycles. The number of rotatable bonds is 11. The Bertz CT molecular complexity index is 2010. The van der Waals surface area contributed by atoms with Crippen LogP contribution in [0.4, 0.5) is 10.1 Å². The Kier molecular flexibility index (Phi) is 10.9. The van der Waals surface area contributed by atoms with Crippen LogP contribution in [0.2, 0.25) is 10.0 Å². The minimum absolute atomic E-state index is 0.0161. The third-order valence-corrected chi connectivity index (χ3v) is 11.3. The molecule has 0 bridgehead atoms. The van der Waals surface area contributed by atoms with Gasteiger partial charge in [-0.2, -0.15) is 4.57 Å². The zero-order valence-electron chi connectivity index (χ0n) is 26.5. The van der Waals surface area contributed by atoms with Gasteiger partial charge in [0.25, 0.3) is 11.8 Å². The standard InChI is InChI=1S/C34H28Cl2FN5O7S2/c35-23-3-2-22(13-24(23)36)50-17-28(45)39-29-32(47)42-30(34(48)49)20(16-51-33(29)42)11-19-7-10-41(31(19)46)14-18-5-8-40(9-6-18)15-27(44)38-21-1-4-26(43)25(37)12-21/h1-6,8-9,11-13,29,33H,7,10,14-17H2,(H3-,38,39,43,44,45,48,49)/p+1/b19-11+/t29-,33-/m1/s1. The van der Waals surface area contributed by atoms with E-state index in [0.29, 0.717) is 34.2 Å². The van der Waals surface area contributed by atoms with Crippen molar-refractivity contribution in [2.75, 3.05) is 23.4 Å². The number of fused-ring (bicyclic) bond motifs is 1. The largest absolute Gasteiger partial charge is 0.505 e. The maximum Gasteiger partial charge on any atom is 0.352 e. The third kappa shape index (κ3) is 8.17. The molecule has 0 radical (unpaired) electrons. The van der Waals surface area contributed by atoms with Crippen LogP contribution in [-0.4, -0.2) is 79.1 Å². The number of aliphatic carboxylic acids is 1. The number of β-lactam (4-membered cyclic amide) rings is 1. The molecule has 0 aliphatic carbocycles. The van der Waals surface area contributed by atoms with Crippen LogP contribution in [0.15, 0.2) is 88.7 Å². The number of halogens is 3. The lowest BCUT2D eigenvalue weighted by molar-refractivity contribution is -0.684. The lowest BCUT2D eigenvalue weighted by Gasteiger charge is -2.49. The van der Waals surface area contributed by atoms with Crippen molar-refractivity contribution in [2.24, 2.45) is 0 Å². The summed E-state index contributed by atoms with van der Waals surface area (Å²) in [5, 5.41) is 24.8. The molecule has 2 aromatic carbocycles. The van der Waals surface area contributed by atoms with Gasteiger partial charge in [0.05, 0.1) is 15.8 Å². The molecule has 4 N–H and O–H groups in total. The van der Waals surface area contributed by atoms with Crippen molar-refractivity contribution in [1.82, 2.24) is 15.1 Å². The summed E-state index contributed by atoms with van der Waals surface area (Å²) in [7, 11) is 0. The molecule has 3 aromatic rings. The van der Waals surface area contributed by atoms with Crippen LogP contribution in [0, 0.1) is 5.82 Å². The molecule has 0 saturated carbocycles. The Balaban J connectivity index is 1.04. The molecule has 2 atom stereocenters. The van der Waals surface area contributed by atoms with Gasteiger partial charge in [-0.25, -0.2) is 9.18 Å². The highest BCUT2D eigenvalue weighted by molar-refractivity contribution is 8.00. The van der Waals surface area contributed by atoms with Crippen LogP contribution in [-0.2, 0) is 37.1 Å². The van der Waals surface area contributed by atoms with Crippen LogP contribution >= 0.6 is 46.7 Å². The van der Waals surface area contributed by atoms with Crippen LogP contribution in [0.1, 0.15) is 12.0 Å². The van der Waals surface area contributed by atoms with Crippen molar-refractivity contribution in [3.05, 3.63) is 105 Å². The predicted molar refractivity (Wildman–Crippen MR) is 188 cm³/mol. The molecule has 6 rings (SSSR count). The first-order chi connectivity index (χ1) is 24.4. The first-order valence-electron chi connectivity index (χ1n) is 15.4. The van der Waals surface area contributed by atoms with Gasteiger partial charge in [0.2, 0.25) is 18.4 Å². The summed E-state index contributed by atoms with van der Waals surface area (Å²) in [5.74, 6) is -4.01. The van der Waals surface area contributed by atoms with Gasteiger partial charge in [0.1, 0.15) is 17.1 Å². The van der Waals surface area contributed by atoms with E-state index in [0.717, 1.165) is 22.6 Å². The number of likely N-dealkylation sites (tertiary alicyclic amines) is 1. The molecule has 3 aliphatic heterocycles. The molecule has 2 fully saturated rings. The van der Waals surface area contributed by atoms with Gasteiger partial charge < -0.3 is 25.7 Å². The number of hydrogen-bond donors (Lipinski definition) is 4. The van der Waals surface area contributed by atoms with E-state index < -0.39 is 46.7 Å². The number of carboxylic acids is 1. The molecule has 264 valence electrons. The van der Waals surface area contributed by atoms with E-state index in [1.54, 1.807) is 58.3 Å². The van der Waals surface area contributed by atoms with E-state index in [9.17, 15) is 38.6 Å². The Labute approximate surface area is 309 Å². The highest BCUT2D eigenvalue weighted by Gasteiger charge is 2.54. The number of carbonyl (C=O) groups is 5. The van der Waals surface area contributed by atoms with E-state index >= 15 is 0 Å². The monoisotopic (exact) mass is 772 g/mol. The summed E-state index contributed by atoms with van der Waals surface area (Å²) in [6.07, 6.45) is 5.30. The number of nitrogens with one attached hydrogen (secondary N) is 2. The first kappa shape index (κ1) is 36.2. The number of phenols is 1. The second-order valence-electron chi connectivity index (χ2n) is 11.7. The molecular weight excluding hydrogens is 744 g/mol. The van der Waals surface area contributed by atoms with Crippen molar-refractivity contribution in [1.29, 1.82) is 0 Å². The SMILES string of the molecule is O=C(C[n+]1ccc(CN2CC/C(=C\C3=C(C(=O)O)N4C(=O)[C@@H](NC(=O)CSc5ccc(Cl)c(Cl)c5)[C@H]4SC3)C2=O)cc1)Nc1ccc(O)c(F)c1. The molecule has 3 aliphatic rings. The lowest BCUT2D eigenvalue weighted by atomic mass is 10.0. The Morgan fingerprint density at radius 1 is 1.06 bits per heavy atom. The zero-order chi connectivity index (χ0) is 36.4. The number of phenolic OH excluding ortho intramolecular Hbond substituents is 1. The van der Waals surface area contributed by atoms with Crippen molar-refractivity contribution < 1.29 is 43.1 Å². The molecule has 12 nitrogen and oxygen atoms in total. The second kappa shape index (κ2) is 15.4. The Hall–Kier alpha value is -4.57. The third-order valence-electron chi connectivity index (χ3n) is 8.23. The van der Waals surface area contributed by atoms with Crippen molar-refractivity contribution in [2.45, 2.75) is 35.8 Å². The van der Waals surface area contributed by atoms with E-state index in [-0.39, 0.29) is 41.9 Å². The van der Waals surface area contributed by atoms with Crippen molar-refractivity contribution >= 4 is 82.0 Å². The second-order valence-corrected chi connectivity index (χ2v) is 14.7. The van der Waals surface area contributed by atoms with Crippen LogP contribution < -0.4 is 15.2 Å². The molecular formula is C34H29Cl2FN5O7S2+. The average molecular weight is 774 g/mol. The summed E-state index contributed by atoms with van der Waals surface area (Å²) < 4.78 is 15.2. The van der Waals surface area contributed by atoms with Gasteiger partial charge in [-0.1, -0.05) is 23.2 Å². The molecule has 2 saturated heterocycles. The fourth-order valence-corrected chi connectivity index (χ4v) is 8.13. The van der Waals surface area contributed by atoms with Crippen molar-refractivity contribution in [3.63, 3.8) is 0 Å². The van der Waals surface area contributed by atoms with Gasteiger partial charge in [0.15, 0.2) is 24.0 Å². The molecule has 4 heterocycles. The number of carbonyl (C=O) groups excluding carboxylic acids is 4. The summed E-state index contributed by atoms with van der Waals surface area (Å²) in [6.45, 7) is 0.643. The number of hydrogen-bond acceptors (Lipinski definition) is 8. The number of anilines is 1. The number of pyridine rings is 1. The van der Waals surface area contributed by atoms with Gasteiger partial charge in [-0.3, -0.25) is 24.1 Å². The van der Waals surface area contributed by atoms with Crippen LogP contribution in [0.25, 0.3) is 0 Å². The summed E-state index contributed by atoms with van der Waals surface area (Å²) in [4.78, 5) is 67.4. The minimum Gasteiger partial charge on any atom is -0.505 e. The zero-order valence-corrected chi connectivity index (χ0v) is 29.6. The fraction of sp³-hybridized carbons (Fsp3) is 0.235. The number of thioether (sulfide) groups is 2. The highest BCUT2D eigenvalue weighted by Crippen LogP contribution is 2.41. The smallest absolute Gasteiger partial charge is 0.352 e. The normalized spacial score (nSPS) is 19.2. The van der Waals surface area contributed by atoms with Crippen LogP contribution in [0.5, 0.6) is 5.75 Å².